The standard InChI is InChI=1S/C22H37N5O2S.HI/c1-4-18-9-11-20(12-10-18)25-22(23-2)24-17-19-7-5-6-8-21(19)30(28,29)27-15-13-26(3)14-16-27;/h5-8,18,20H,4,9-17H2,1-3H3,(H2,23,24,25);1H. The number of aliphatic imine (C=N–C) groups is 1. The van der Waals surface area contributed by atoms with Gasteiger partial charge in [-0.15, -0.1) is 24.0 Å². The maximum Gasteiger partial charge on any atom is 0.243 e. The molecule has 2 aliphatic rings. The summed E-state index contributed by atoms with van der Waals surface area (Å²) in [6.07, 6.45) is 6.11. The molecule has 0 aromatic heterocycles. The number of likely N-dealkylation sites (N-methyl/N-ethyl adjacent to an activating group) is 1. The molecular formula is C22H38IN5O2S. The molecule has 1 saturated carbocycles. The zero-order chi connectivity index (χ0) is 21.6. The number of piperazine rings is 1. The highest BCUT2D eigenvalue weighted by molar-refractivity contribution is 14.0. The molecule has 0 atom stereocenters. The molecule has 1 aromatic carbocycles. The molecule has 2 N–H and O–H groups in total. The number of guanidine groups is 1. The van der Waals surface area contributed by atoms with Crippen LogP contribution in [0.15, 0.2) is 34.2 Å². The molecule has 9 heteroatoms. The van der Waals surface area contributed by atoms with Crippen LogP contribution in [0, 0.1) is 5.92 Å². The van der Waals surface area contributed by atoms with Gasteiger partial charge in [-0.3, -0.25) is 4.99 Å². The van der Waals surface area contributed by atoms with E-state index in [0.29, 0.717) is 30.6 Å². The number of hydrogen-bond acceptors (Lipinski definition) is 4. The fourth-order valence-electron chi connectivity index (χ4n) is 4.35. The molecule has 176 valence electrons. The minimum Gasteiger partial charge on any atom is -0.354 e. The van der Waals surface area contributed by atoms with E-state index in [1.54, 1.807) is 23.5 Å². The predicted molar refractivity (Wildman–Crippen MR) is 137 cm³/mol. The third-order valence-electron chi connectivity index (χ3n) is 6.49. The van der Waals surface area contributed by atoms with Gasteiger partial charge in [0.25, 0.3) is 0 Å². The van der Waals surface area contributed by atoms with Crippen LogP contribution in [0.25, 0.3) is 0 Å². The number of halogens is 1. The summed E-state index contributed by atoms with van der Waals surface area (Å²) < 4.78 is 28.1. The Kier molecular flexibility index (Phi) is 10.5. The Hall–Kier alpha value is -0.910. The van der Waals surface area contributed by atoms with E-state index in [1.807, 2.05) is 19.2 Å². The molecule has 2 fully saturated rings. The smallest absolute Gasteiger partial charge is 0.243 e. The lowest BCUT2D eigenvalue weighted by Crippen LogP contribution is -2.47. The zero-order valence-corrected chi connectivity index (χ0v) is 22.2. The fraction of sp³-hybridized carbons (Fsp3) is 0.682. The minimum absolute atomic E-state index is 0. The molecule has 3 rings (SSSR count). The lowest BCUT2D eigenvalue weighted by atomic mass is 9.84. The molecule has 0 radical (unpaired) electrons. The van der Waals surface area contributed by atoms with Crippen molar-refractivity contribution >= 4 is 40.0 Å². The van der Waals surface area contributed by atoms with E-state index < -0.39 is 10.0 Å². The van der Waals surface area contributed by atoms with Crippen molar-refractivity contribution in [1.82, 2.24) is 19.8 Å². The van der Waals surface area contributed by atoms with Crippen LogP contribution in [-0.2, 0) is 16.6 Å². The van der Waals surface area contributed by atoms with Gasteiger partial charge in [0.05, 0.1) is 4.90 Å². The third kappa shape index (κ3) is 7.03. The summed E-state index contributed by atoms with van der Waals surface area (Å²) in [6.45, 7) is 5.28. The molecule has 1 aromatic rings. The van der Waals surface area contributed by atoms with E-state index in [0.717, 1.165) is 43.4 Å². The molecule has 0 spiro atoms. The van der Waals surface area contributed by atoms with E-state index in [9.17, 15) is 8.42 Å². The predicted octanol–water partition coefficient (Wildman–Crippen LogP) is 2.87. The van der Waals surface area contributed by atoms with Gasteiger partial charge in [0.2, 0.25) is 10.0 Å². The number of rotatable bonds is 6. The second kappa shape index (κ2) is 12.4. The first-order chi connectivity index (χ1) is 14.4. The topological polar surface area (TPSA) is 77.0 Å². The van der Waals surface area contributed by atoms with Crippen LogP contribution in [0.1, 0.15) is 44.6 Å². The van der Waals surface area contributed by atoms with Crippen LogP contribution >= 0.6 is 24.0 Å². The summed E-state index contributed by atoms with van der Waals surface area (Å²) >= 11 is 0. The zero-order valence-electron chi connectivity index (χ0n) is 19.0. The second-order valence-corrected chi connectivity index (χ2v) is 10.4. The summed E-state index contributed by atoms with van der Waals surface area (Å²) in [4.78, 5) is 6.90. The van der Waals surface area contributed by atoms with E-state index in [1.165, 1.54) is 19.3 Å². The van der Waals surface area contributed by atoms with Crippen molar-refractivity contribution in [3.63, 3.8) is 0 Å². The summed E-state index contributed by atoms with van der Waals surface area (Å²) in [5, 5.41) is 6.85. The van der Waals surface area contributed by atoms with Crippen LogP contribution in [0.4, 0.5) is 0 Å². The molecule has 0 bridgehead atoms. The van der Waals surface area contributed by atoms with Gasteiger partial charge >= 0.3 is 0 Å². The van der Waals surface area contributed by atoms with Gasteiger partial charge in [-0.25, -0.2) is 8.42 Å². The van der Waals surface area contributed by atoms with Crippen molar-refractivity contribution in [2.24, 2.45) is 10.9 Å². The number of nitrogens with zero attached hydrogens (tertiary/aromatic N) is 3. The lowest BCUT2D eigenvalue weighted by molar-refractivity contribution is 0.222. The Bertz CT molecular complexity index is 817. The van der Waals surface area contributed by atoms with Gasteiger partial charge in [-0.2, -0.15) is 4.31 Å². The average Bonchev–Trinajstić information content (AvgIpc) is 2.77. The Morgan fingerprint density at radius 1 is 1.10 bits per heavy atom. The second-order valence-electron chi connectivity index (χ2n) is 8.51. The Labute approximate surface area is 205 Å². The van der Waals surface area contributed by atoms with Crippen LogP contribution < -0.4 is 10.6 Å². The summed E-state index contributed by atoms with van der Waals surface area (Å²) in [7, 11) is 0.286. The van der Waals surface area contributed by atoms with Gasteiger partial charge in [-0.1, -0.05) is 31.5 Å². The highest BCUT2D eigenvalue weighted by atomic mass is 127. The van der Waals surface area contributed by atoms with E-state index in [2.05, 4.69) is 27.4 Å². The van der Waals surface area contributed by atoms with Crippen molar-refractivity contribution in [3.05, 3.63) is 29.8 Å². The average molecular weight is 564 g/mol. The highest BCUT2D eigenvalue weighted by Crippen LogP contribution is 2.26. The monoisotopic (exact) mass is 563 g/mol. The molecule has 0 unspecified atom stereocenters. The Balaban J connectivity index is 0.00000341. The van der Waals surface area contributed by atoms with Crippen molar-refractivity contribution < 1.29 is 8.42 Å². The molecule has 0 amide bonds. The van der Waals surface area contributed by atoms with E-state index in [-0.39, 0.29) is 24.0 Å². The number of benzene rings is 1. The highest BCUT2D eigenvalue weighted by Gasteiger charge is 2.29. The number of sulfonamides is 1. The summed E-state index contributed by atoms with van der Waals surface area (Å²) in [5.74, 6) is 1.59. The lowest BCUT2D eigenvalue weighted by Gasteiger charge is -2.32. The SMILES string of the molecule is CCC1CCC(NC(=NC)NCc2ccccc2S(=O)(=O)N2CCN(C)CC2)CC1.I. The largest absolute Gasteiger partial charge is 0.354 e. The molecule has 1 aliphatic carbocycles. The van der Waals surface area contributed by atoms with Gasteiger partial charge in [-0.05, 0) is 50.3 Å². The van der Waals surface area contributed by atoms with E-state index in [4.69, 9.17) is 0 Å². The van der Waals surface area contributed by atoms with Gasteiger partial charge in [0.15, 0.2) is 5.96 Å². The Morgan fingerprint density at radius 3 is 2.35 bits per heavy atom. The van der Waals surface area contributed by atoms with Crippen LogP contribution in [0.2, 0.25) is 0 Å². The van der Waals surface area contributed by atoms with E-state index >= 15 is 0 Å². The Morgan fingerprint density at radius 2 is 1.74 bits per heavy atom. The maximum atomic E-state index is 13.2. The molecule has 1 saturated heterocycles. The van der Waals surface area contributed by atoms with Gasteiger partial charge < -0.3 is 15.5 Å². The van der Waals surface area contributed by atoms with Crippen molar-refractivity contribution in [3.8, 4) is 0 Å². The summed E-state index contributed by atoms with van der Waals surface area (Å²) in [5.41, 5.74) is 0.772. The maximum absolute atomic E-state index is 13.2. The van der Waals surface area contributed by atoms with Crippen molar-refractivity contribution in [2.45, 2.75) is 56.5 Å². The minimum atomic E-state index is -3.50. The normalized spacial score (nSPS) is 23.8. The molecule has 31 heavy (non-hydrogen) atoms. The number of hydrogen-bond donors (Lipinski definition) is 2. The molecule has 7 nitrogen and oxygen atoms in total. The van der Waals surface area contributed by atoms with Crippen molar-refractivity contribution in [1.29, 1.82) is 0 Å². The fourth-order valence-corrected chi connectivity index (χ4v) is 6.00. The molecule has 1 aliphatic heterocycles. The summed E-state index contributed by atoms with van der Waals surface area (Å²) in [6, 6.07) is 7.72. The third-order valence-corrected chi connectivity index (χ3v) is 8.49. The first-order valence-corrected chi connectivity index (χ1v) is 12.6. The van der Waals surface area contributed by atoms with Crippen molar-refractivity contribution in [2.75, 3.05) is 40.3 Å². The van der Waals surface area contributed by atoms with Gasteiger partial charge in [0, 0.05) is 45.8 Å². The number of nitrogens with one attached hydrogen (secondary N) is 2. The van der Waals surface area contributed by atoms with Crippen LogP contribution in [-0.4, -0.2) is 69.9 Å². The first kappa shape index (κ1) is 26.3. The van der Waals surface area contributed by atoms with Crippen LogP contribution in [0.3, 0.4) is 0 Å². The quantitative estimate of drug-likeness (QED) is 0.317. The molecular weight excluding hydrogens is 525 g/mol. The van der Waals surface area contributed by atoms with Crippen LogP contribution in [0.5, 0.6) is 0 Å². The van der Waals surface area contributed by atoms with Gasteiger partial charge in [0.1, 0.15) is 0 Å². The first-order valence-electron chi connectivity index (χ1n) is 11.2. The molecule has 1 heterocycles.